The maximum atomic E-state index is 11.4. The zero-order chi connectivity index (χ0) is 14.8. The van der Waals surface area contributed by atoms with E-state index in [1.807, 2.05) is 0 Å². The number of ether oxygens (including phenoxy) is 2. The molecule has 0 radical (unpaired) electrons. The molecule has 1 aromatic rings. The molecule has 8 heteroatoms. The molecule has 0 fully saturated rings. The van der Waals surface area contributed by atoms with E-state index in [4.69, 9.17) is 14.6 Å². The average molecular weight is 297 g/mol. The van der Waals surface area contributed by atoms with Gasteiger partial charge in [0.1, 0.15) is 18.1 Å². The van der Waals surface area contributed by atoms with Crippen molar-refractivity contribution in [2.75, 3.05) is 13.7 Å². The fourth-order valence-corrected chi connectivity index (χ4v) is 2.54. The number of rotatable bonds is 5. The van der Waals surface area contributed by atoms with Gasteiger partial charge in [0.2, 0.25) is 0 Å². The molecule has 1 N–H and O–H groups in total. The topological polar surface area (TPSA) is 102 Å². The maximum Gasteiger partial charge on any atom is 0.349 e. The van der Waals surface area contributed by atoms with Crippen molar-refractivity contribution in [3.8, 4) is 11.5 Å². The smallest absolute Gasteiger partial charge is 0.349 e. The summed E-state index contributed by atoms with van der Waals surface area (Å²) in [4.78, 5) is 9.99. The van der Waals surface area contributed by atoms with Gasteiger partial charge in [-0.15, -0.1) is 0 Å². The minimum atomic E-state index is -4.10. The molecule has 1 aliphatic heterocycles. The summed E-state index contributed by atoms with van der Waals surface area (Å²) in [5, 5.41) is 8.73. The third kappa shape index (κ3) is 2.97. The van der Waals surface area contributed by atoms with Crippen molar-refractivity contribution in [1.29, 1.82) is 0 Å². The van der Waals surface area contributed by atoms with Crippen molar-refractivity contribution >= 4 is 21.7 Å². The predicted octanol–water partition coefficient (Wildman–Crippen LogP) is 0.827. The second-order valence-electron chi connectivity index (χ2n) is 3.84. The van der Waals surface area contributed by atoms with Gasteiger partial charge in [-0.1, -0.05) is 0 Å². The summed E-state index contributed by atoms with van der Waals surface area (Å²) in [6.07, 6.45) is 0.987. The van der Waals surface area contributed by atoms with Gasteiger partial charge in [0.15, 0.2) is 4.91 Å². The molecule has 0 amide bonds. The van der Waals surface area contributed by atoms with Gasteiger partial charge in [-0.25, -0.2) is 4.79 Å². The van der Waals surface area contributed by atoms with E-state index in [0.717, 1.165) is 6.08 Å². The SMILES string of the molecule is COc1ccc(OCC2=NS(=O)(=O)C(C(=O)O)=C2)cc1. The summed E-state index contributed by atoms with van der Waals surface area (Å²) in [7, 11) is -2.57. The number of carbonyl (C=O) groups is 1. The number of hydrogen-bond acceptors (Lipinski definition) is 5. The number of carboxylic acids is 1. The van der Waals surface area contributed by atoms with Gasteiger partial charge in [-0.05, 0) is 30.3 Å². The first-order valence-electron chi connectivity index (χ1n) is 5.48. The highest BCUT2D eigenvalue weighted by molar-refractivity contribution is 7.95. The largest absolute Gasteiger partial charge is 0.497 e. The number of aliphatic carboxylic acids is 1. The minimum Gasteiger partial charge on any atom is -0.497 e. The van der Waals surface area contributed by atoms with Crippen LogP contribution in [0.15, 0.2) is 39.6 Å². The highest BCUT2D eigenvalue weighted by Crippen LogP contribution is 2.20. The lowest BCUT2D eigenvalue weighted by atomic mass is 10.3. The molecule has 1 aliphatic rings. The Labute approximate surface area is 115 Å². The highest BCUT2D eigenvalue weighted by Gasteiger charge is 2.30. The molecule has 1 aromatic carbocycles. The minimum absolute atomic E-state index is 0.0400. The maximum absolute atomic E-state index is 11.4. The Kier molecular flexibility index (Phi) is 3.75. The number of benzene rings is 1. The molecule has 1 heterocycles. The first-order valence-corrected chi connectivity index (χ1v) is 6.92. The molecule has 0 bridgehead atoms. The van der Waals surface area contributed by atoms with Gasteiger partial charge in [0.05, 0.1) is 12.8 Å². The fraction of sp³-hybridized carbons (Fsp3) is 0.167. The van der Waals surface area contributed by atoms with Crippen LogP contribution in [0.5, 0.6) is 11.5 Å². The van der Waals surface area contributed by atoms with E-state index >= 15 is 0 Å². The van der Waals surface area contributed by atoms with Crippen LogP contribution in [0.2, 0.25) is 0 Å². The molecule has 0 atom stereocenters. The summed E-state index contributed by atoms with van der Waals surface area (Å²) in [5.41, 5.74) is 0.0400. The molecular formula is C12H11NO6S. The summed E-state index contributed by atoms with van der Waals surface area (Å²) in [6, 6.07) is 6.65. The summed E-state index contributed by atoms with van der Waals surface area (Å²) < 4.78 is 36.4. The summed E-state index contributed by atoms with van der Waals surface area (Å²) in [5.74, 6) is -0.387. The van der Waals surface area contributed by atoms with Crippen molar-refractivity contribution in [3.05, 3.63) is 35.2 Å². The van der Waals surface area contributed by atoms with E-state index in [1.54, 1.807) is 24.3 Å². The second-order valence-corrected chi connectivity index (χ2v) is 5.41. The Morgan fingerprint density at radius 1 is 1.25 bits per heavy atom. The van der Waals surface area contributed by atoms with Crippen LogP contribution in [-0.2, 0) is 14.8 Å². The number of sulfonamides is 1. The van der Waals surface area contributed by atoms with Crippen molar-refractivity contribution < 1.29 is 27.8 Å². The average Bonchev–Trinajstić information content (AvgIpc) is 2.72. The molecule has 106 valence electrons. The van der Waals surface area contributed by atoms with Gasteiger partial charge in [-0.3, -0.25) is 0 Å². The van der Waals surface area contributed by atoms with E-state index in [1.165, 1.54) is 7.11 Å². The molecule has 0 unspecified atom stereocenters. The Hall–Kier alpha value is -2.35. The molecule has 0 aromatic heterocycles. The van der Waals surface area contributed by atoms with Crippen molar-refractivity contribution in [2.45, 2.75) is 0 Å². The molecule has 0 aliphatic carbocycles. The van der Waals surface area contributed by atoms with Crippen LogP contribution in [0.3, 0.4) is 0 Å². The number of carboxylic acid groups (broad SMARTS) is 1. The van der Waals surface area contributed by atoms with Crippen LogP contribution in [0.25, 0.3) is 0 Å². The van der Waals surface area contributed by atoms with Crippen LogP contribution in [0, 0.1) is 0 Å². The quantitative estimate of drug-likeness (QED) is 0.863. The molecule has 2 rings (SSSR count). The normalized spacial score (nSPS) is 16.2. The van der Waals surface area contributed by atoms with Crippen LogP contribution in [0.4, 0.5) is 0 Å². The van der Waals surface area contributed by atoms with Gasteiger partial charge in [-0.2, -0.15) is 12.8 Å². The van der Waals surface area contributed by atoms with E-state index in [0.29, 0.717) is 11.5 Å². The molecule has 7 nitrogen and oxygen atoms in total. The molecular weight excluding hydrogens is 286 g/mol. The Morgan fingerprint density at radius 3 is 2.35 bits per heavy atom. The standard InChI is InChI=1S/C12H11NO6S/c1-18-9-2-4-10(5-3-9)19-7-8-6-11(12(14)15)20(16,17)13-8/h2-6H,7H2,1H3,(H,14,15). The van der Waals surface area contributed by atoms with E-state index in [9.17, 15) is 13.2 Å². The van der Waals surface area contributed by atoms with Gasteiger partial charge in [0, 0.05) is 0 Å². The van der Waals surface area contributed by atoms with Gasteiger partial charge in [0.25, 0.3) is 10.0 Å². The number of nitrogens with zero attached hydrogens (tertiary/aromatic N) is 1. The predicted molar refractivity (Wildman–Crippen MR) is 70.6 cm³/mol. The lowest BCUT2D eigenvalue weighted by Gasteiger charge is -2.05. The van der Waals surface area contributed by atoms with Crippen LogP contribution in [0.1, 0.15) is 0 Å². The molecule has 0 saturated heterocycles. The van der Waals surface area contributed by atoms with Crippen molar-refractivity contribution in [3.63, 3.8) is 0 Å². The Bertz CT molecular complexity index is 687. The Morgan fingerprint density at radius 2 is 1.85 bits per heavy atom. The first kappa shape index (κ1) is 14.1. The molecule has 20 heavy (non-hydrogen) atoms. The van der Waals surface area contributed by atoms with Crippen molar-refractivity contribution in [1.82, 2.24) is 0 Å². The third-order valence-electron chi connectivity index (χ3n) is 2.47. The van der Waals surface area contributed by atoms with Gasteiger partial charge < -0.3 is 14.6 Å². The first-order chi connectivity index (χ1) is 9.42. The summed E-state index contributed by atoms with van der Waals surface area (Å²) >= 11 is 0. The van der Waals surface area contributed by atoms with E-state index in [2.05, 4.69) is 4.40 Å². The zero-order valence-corrected chi connectivity index (χ0v) is 11.3. The summed E-state index contributed by atoms with van der Waals surface area (Å²) in [6.45, 7) is -0.137. The second kappa shape index (κ2) is 5.33. The van der Waals surface area contributed by atoms with Crippen LogP contribution < -0.4 is 9.47 Å². The van der Waals surface area contributed by atoms with Crippen LogP contribution >= 0.6 is 0 Å². The van der Waals surface area contributed by atoms with Crippen LogP contribution in [-0.4, -0.2) is 38.9 Å². The van der Waals surface area contributed by atoms with E-state index < -0.39 is 20.9 Å². The lowest BCUT2D eigenvalue weighted by Crippen LogP contribution is -2.07. The number of methoxy groups -OCH3 is 1. The molecule has 0 spiro atoms. The fourth-order valence-electron chi connectivity index (χ4n) is 1.52. The monoisotopic (exact) mass is 297 g/mol. The molecule has 0 saturated carbocycles. The third-order valence-corrected chi connectivity index (χ3v) is 3.79. The number of hydrogen-bond donors (Lipinski definition) is 1. The van der Waals surface area contributed by atoms with Crippen molar-refractivity contribution in [2.24, 2.45) is 4.40 Å². The van der Waals surface area contributed by atoms with Gasteiger partial charge >= 0.3 is 5.97 Å². The lowest BCUT2D eigenvalue weighted by molar-refractivity contribution is -0.131. The highest BCUT2D eigenvalue weighted by atomic mass is 32.2. The Balaban J connectivity index is 2.06. The zero-order valence-electron chi connectivity index (χ0n) is 10.4. The van der Waals surface area contributed by atoms with E-state index in [-0.39, 0.29) is 12.3 Å².